The van der Waals surface area contributed by atoms with Crippen LogP contribution in [-0.2, 0) is 21.3 Å². The molecule has 0 radical (unpaired) electrons. The van der Waals surface area contributed by atoms with Crippen molar-refractivity contribution in [2.45, 2.75) is 30.3 Å². The molecule has 28 heavy (non-hydrogen) atoms. The lowest BCUT2D eigenvalue weighted by Crippen LogP contribution is -2.32. The number of carbonyl (C=O) groups is 1. The molecule has 0 spiro atoms. The molecule has 1 fully saturated rings. The van der Waals surface area contributed by atoms with Gasteiger partial charge in [0.25, 0.3) is 5.91 Å². The molecule has 6 nitrogen and oxygen atoms in total. The zero-order valence-electron chi connectivity index (χ0n) is 15.6. The minimum absolute atomic E-state index is 0.0863. The Kier molecular flexibility index (Phi) is 6.43. The van der Waals surface area contributed by atoms with E-state index in [4.69, 9.17) is 4.74 Å². The zero-order chi connectivity index (χ0) is 20.1. The molecule has 0 aliphatic heterocycles. The lowest BCUT2D eigenvalue weighted by Gasteiger charge is -2.23. The third-order valence-electron chi connectivity index (χ3n) is 4.50. The molecular formula is C20H23FN2O4S. The summed E-state index contributed by atoms with van der Waals surface area (Å²) in [6.45, 7) is 0.759. The van der Waals surface area contributed by atoms with Gasteiger partial charge in [-0.2, -0.15) is 0 Å². The number of hydrogen-bond donors (Lipinski definition) is 1. The van der Waals surface area contributed by atoms with Crippen molar-refractivity contribution in [1.29, 1.82) is 0 Å². The maximum Gasteiger partial charge on any atom is 0.254 e. The number of methoxy groups -OCH3 is 1. The summed E-state index contributed by atoms with van der Waals surface area (Å²) in [5, 5.41) is 0. The summed E-state index contributed by atoms with van der Waals surface area (Å²) >= 11 is 0. The predicted octanol–water partition coefficient (Wildman–Crippen LogP) is 2.56. The molecule has 1 aliphatic carbocycles. The number of benzene rings is 2. The Morgan fingerprint density at radius 2 is 1.93 bits per heavy atom. The van der Waals surface area contributed by atoms with Gasteiger partial charge in [-0.15, -0.1) is 0 Å². The number of carbonyl (C=O) groups excluding carboxylic acids is 1. The number of ether oxygens (including phenoxy) is 1. The molecule has 1 N–H and O–H groups in total. The first-order valence-electron chi connectivity index (χ1n) is 9.05. The van der Waals surface area contributed by atoms with E-state index in [2.05, 4.69) is 4.72 Å². The number of sulfonamides is 1. The van der Waals surface area contributed by atoms with Crippen molar-refractivity contribution >= 4 is 15.9 Å². The van der Waals surface area contributed by atoms with Gasteiger partial charge in [0.2, 0.25) is 10.0 Å². The van der Waals surface area contributed by atoms with E-state index in [1.54, 1.807) is 17.0 Å². The lowest BCUT2D eigenvalue weighted by atomic mass is 10.1. The fourth-order valence-electron chi connectivity index (χ4n) is 2.89. The molecule has 0 unspecified atom stereocenters. The van der Waals surface area contributed by atoms with Crippen molar-refractivity contribution in [3.63, 3.8) is 0 Å². The first-order chi connectivity index (χ1) is 13.4. The van der Waals surface area contributed by atoms with Crippen LogP contribution < -0.4 is 4.72 Å². The van der Waals surface area contributed by atoms with Crippen LogP contribution in [0.15, 0.2) is 53.4 Å². The summed E-state index contributed by atoms with van der Waals surface area (Å²) in [5.41, 5.74) is 1.13. The highest BCUT2D eigenvalue weighted by molar-refractivity contribution is 7.89. The Morgan fingerprint density at radius 1 is 1.21 bits per heavy atom. The second-order valence-electron chi connectivity index (χ2n) is 6.71. The topological polar surface area (TPSA) is 75.7 Å². The smallest absolute Gasteiger partial charge is 0.254 e. The van der Waals surface area contributed by atoms with E-state index in [-0.39, 0.29) is 35.8 Å². The van der Waals surface area contributed by atoms with Crippen LogP contribution in [-0.4, -0.2) is 45.5 Å². The molecule has 0 atom stereocenters. The van der Waals surface area contributed by atoms with Crippen LogP contribution in [0.1, 0.15) is 28.8 Å². The van der Waals surface area contributed by atoms with Gasteiger partial charge in [0.1, 0.15) is 5.82 Å². The summed E-state index contributed by atoms with van der Waals surface area (Å²) in [4.78, 5) is 14.7. The van der Waals surface area contributed by atoms with Crippen molar-refractivity contribution in [3.8, 4) is 0 Å². The van der Waals surface area contributed by atoms with Gasteiger partial charge < -0.3 is 9.64 Å². The molecule has 0 heterocycles. The Morgan fingerprint density at radius 3 is 2.54 bits per heavy atom. The summed E-state index contributed by atoms with van der Waals surface area (Å²) in [5.74, 6) is -0.528. The third-order valence-corrected chi connectivity index (χ3v) is 5.98. The SMILES string of the molecule is COCCNS(=O)(=O)c1ccc(C(=O)N(Cc2cccc(F)c2)C2CC2)cc1. The van der Waals surface area contributed by atoms with E-state index < -0.39 is 10.0 Å². The largest absolute Gasteiger partial charge is 0.383 e. The zero-order valence-corrected chi connectivity index (χ0v) is 16.4. The summed E-state index contributed by atoms with van der Waals surface area (Å²) < 4.78 is 45.1. The van der Waals surface area contributed by atoms with E-state index in [0.29, 0.717) is 12.1 Å². The fourth-order valence-corrected chi connectivity index (χ4v) is 3.90. The van der Waals surface area contributed by atoms with Gasteiger partial charge in [0.05, 0.1) is 11.5 Å². The van der Waals surface area contributed by atoms with Crippen molar-refractivity contribution in [2.75, 3.05) is 20.3 Å². The number of hydrogen-bond acceptors (Lipinski definition) is 4. The molecule has 0 bridgehead atoms. The molecule has 1 saturated carbocycles. The fraction of sp³-hybridized carbons (Fsp3) is 0.350. The van der Waals surface area contributed by atoms with Crippen molar-refractivity contribution in [1.82, 2.24) is 9.62 Å². The highest BCUT2D eigenvalue weighted by Crippen LogP contribution is 2.30. The van der Waals surface area contributed by atoms with Crippen LogP contribution in [0.3, 0.4) is 0 Å². The van der Waals surface area contributed by atoms with E-state index >= 15 is 0 Å². The van der Waals surface area contributed by atoms with Crippen LogP contribution in [0.4, 0.5) is 4.39 Å². The lowest BCUT2D eigenvalue weighted by molar-refractivity contribution is 0.0729. The second kappa shape index (κ2) is 8.81. The van der Waals surface area contributed by atoms with Gasteiger partial charge in [-0.25, -0.2) is 17.5 Å². The van der Waals surface area contributed by atoms with Crippen LogP contribution in [0.2, 0.25) is 0 Å². The first kappa shape index (κ1) is 20.4. The quantitative estimate of drug-likeness (QED) is 0.650. The maximum atomic E-state index is 13.5. The maximum absolute atomic E-state index is 13.5. The number of amides is 1. The molecule has 8 heteroatoms. The normalized spacial score (nSPS) is 14.1. The van der Waals surface area contributed by atoms with E-state index in [1.807, 2.05) is 0 Å². The van der Waals surface area contributed by atoms with E-state index in [0.717, 1.165) is 18.4 Å². The molecule has 0 aromatic heterocycles. The minimum Gasteiger partial charge on any atom is -0.383 e. The van der Waals surface area contributed by atoms with Crippen molar-refractivity contribution in [3.05, 3.63) is 65.5 Å². The molecule has 1 aliphatic rings. The first-order valence-corrected chi connectivity index (χ1v) is 10.5. The van der Waals surface area contributed by atoms with Gasteiger partial charge >= 0.3 is 0 Å². The number of halogens is 1. The molecule has 150 valence electrons. The molecule has 2 aromatic rings. The number of rotatable bonds is 9. The summed E-state index contributed by atoms with van der Waals surface area (Å²) in [7, 11) is -2.16. The highest BCUT2D eigenvalue weighted by Gasteiger charge is 2.33. The number of nitrogens with one attached hydrogen (secondary N) is 1. The Balaban J connectivity index is 1.73. The van der Waals surface area contributed by atoms with Crippen LogP contribution in [0.5, 0.6) is 0 Å². The Bertz CT molecular complexity index is 927. The molecule has 1 amide bonds. The summed E-state index contributed by atoms with van der Waals surface area (Å²) in [6.07, 6.45) is 1.83. The van der Waals surface area contributed by atoms with E-state index in [9.17, 15) is 17.6 Å². The predicted molar refractivity (Wildman–Crippen MR) is 103 cm³/mol. The molecule has 2 aromatic carbocycles. The second-order valence-corrected chi connectivity index (χ2v) is 8.48. The standard InChI is InChI=1S/C20H23FN2O4S/c1-27-12-11-22-28(25,26)19-9-5-16(6-10-19)20(24)23(18-7-8-18)14-15-3-2-4-17(21)13-15/h2-6,9-10,13,18,22H,7-8,11-12,14H2,1H3. The van der Waals surface area contributed by atoms with E-state index in [1.165, 1.54) is 43.5 Å². The average molecular weight is 406 g/mol. The van der Waals surface area contributed by atoms with Crippen molar-refractivity contribution in [2.24, 2.45) is 0 Å². The third kappa shape index (κ3) is 5.15. The molecule has 3 rings (SSSR count). The average Bonchev–Trinajstić information content (AvgIpc) is 3.51. The van der Waals surface area contributed by atoms with Crippen molar-refractivity contribution < 1.29 is 22.3 Å². The van der Waals surface area contributed by atoms with Gasteiger partial charge in [-0.05, 0) is 54.8 Å². The number of nitrogens with zero attached hydrogens (tertiary/aromatic N) is 1. The van der Waals surface area contributed by atoms with Crippen LogP contribution >= 0.6 is 0 Å². The molecule has 0 saturated heterocycles. The Hall–Kier alpha value is -2.29. The van der Waals surface area contributed by atoms with Crippen LogP contribution in [0.25, 0.3) is 0 Å². The monoisotopic (exact) mass is 406 g/mol. The Labute approximate surface area is 164 Å². The van der Waals surface area contributed by atoms with Gasteiger partial charge in [-0.3, -0.25) is 4.79 Å². The molecular weight excluding hydrogens is 383 g/mol. The minimum atomic E-state index is -3.65. The van der Waals surface area contributed by atoms with Gasteiger partial charge in [0, 0.05) is 31.8 Å². The summed E-state index contributed by atoms with van der Waals surface area (Å²) in [6, 6.07) is 12.2. The highest BCUT2D eigenvalue weighted by atomic mass is 32.2. The van der Waals surface area contributed by atoms with Gasteiger partial charge in [0.15, 0.2) is 0 Å². The van der Waals surface area contributed by atoms with Crippen LogP contribution in [0, 0.1) is 5.82 Å². The van der Waals surface area contributed by atoms with Gasteiger partial charge in [-0.1, -0.05) is 12.1 Å².